The van der Waals surface area contributed by atoms with Crippen LogP contribution in [-0.4, -0.2) is 173 Å². The second kappa shape index (κ2) is 34.4. The number of primary amides is 6. The molecule has 39 heteroatoms. The summed E-state index contributed by atoms with van der Waals surface area (Å²) in [5.41, 5.74) is 41.7. The van der Waals surface area contributed by atoms with Crippen molar-refractivity contribution in [3.63, 3.8) is 0 Å². The summed E-state index contributed by atoms with van der Waals surface area (Å²) < 4.78 is 44.9. The number of carboxylic acid groups (broad SMARTS) is 1. The summed E-state index contributed by atoms with van der Waals surface area (Å²) in [7, 11) is -8.66. The second-order valence-electron chi connectivity index (χ2n) is 29.2. The van der Waals surface area contributed by atoms with Gasteiger partial charge in [-0.25, -0.2) is 9.55 Å². The van der Waals surface area contributed by atoms with E-state index in [1.807, 2.05) is 80.5 Å². The molecule has 1 aromatic carbocycles. The van der Waals surface area contributed by atoms with E-state index in [1.165, 1.54) is 24.9 Å². The van der Waals surface area contributed by atoms with Gasteiger partial charge in [0.15, 0.2) is 6.23 Å². The number of benzene rings is 1. The number of allylic oxidation sites excluding steroid dienone is 6. The number of aliphatic hydroxyl groups excluding tert-OH is 2. The second-order valence-corrected chi connectivity index (χ2v) is 31.8. The van der Waals surface area contributed by atoms with Crippen molar-refractivity contribution in [1.82, 2.24) is 19.8 Å². The Bertz CT molecular complexity index is 4130. The molecule has 36 nitrogen and oxygen atoms in total. The number of hydrogen-bond acceptors (Lipinski definition) is 21. The fourth-order valence-corrected chi connectivity index (χ4v) is 17.4. The van der Waals surface area contributed by atoms with E-state index in [0.29, 0.717) is 56.4 Å². The Morgan fingerprint density at radius 1 is 0.811 bits per heavy atom. The number of phosphoric acid groups is 1. The number of guanidine groups is 1. The van der Waals surface area contributed by atoms with Crippen molar-refractivity contribution in [2.45, 2.75) is 189 Å². The number of aromatic nitrogens is 2. The van der Waals surface area contributed by atoms with Gasteiger partial charge >= 0.3 is 30.5 Å². The Balaban J connectivity index is 0.00000114. The van der Waals surface area contributed by atoms with Crippen molar-refractivity contribution in [3.8, 4) is 0 Å². The fourth-order valence-electron chi connectivity index (χ4n) is 15.8. The van der Waals surface area contributed by atoms with E-state index in [0.717, 1.165) is 16.0 Å². The van der Waals surface area contributed by atoms with Crippen molar-refractivity contribution in [2.24, 2.45) is 105 Å². The molecule has 15 atom stereocenters. The molecule has 7 amide bonds. The number of nitrogens with one attached hydrogen (secondary N) is 1. The number of carbonyl (C=O) groups excluding carboxylic acids is 7. The molecule has 7 heterocycles. The topological polar surface area (TPSA) is 625 Å². The zero-order valence-corrected chi connectivity index (χ0v) is 64.1. The Labute approximate surface area is 624 Å². The Hall–Kier alpha value is -8.11. The van der Waals surface area contributed by atoms with Crippen LogP contribution in [0.3, 0.4) is 0 Å². The molecule has 0 radical (unpaired) electrons. The number of carboxylic acids is 1. The smallest absolute Gasteiger partial charge is 0.756 e. The number of fused-ring (bicyclic) bond motifs is 7. The number of aliphatic carboxylic acids is 1. The van der Waals surface area contributed by atoms with E-state index in [1.54, 1.807) is 6.92 Å². The van der Waals surface area contributed by atoms with Gasteiger partial charge in [0.25, 0.3) is 7.82 Å². The Kier molecular flexibility index (Phi) is 28.7. The average Bonchev–Trinajstić information content (AvgIpc) is 1.53. The third kappa shape index (κ3) is 19.2. The number of nitrogens with zero attached hydrogens (tertiary/aromatic N) is 9. The summed E-state index contributed by atoms with van der Waals surface area (Å²) in [6, 6.07) is 2.65. The van der Waals surface area contributed by atoms with Crippen LogP contribution < -0.4 is 50.3 Å². The van der Waals surface area contributed by atoms with Crippen molar-refractivity contribution in [1.29, 1.82) is 5.26 Å². The molecule has 6 aliphatic heterocycles. The molecular formula is C67H98CoN17O19P2. The molecule has 20 N–H and O–H groups in total. The number of hydrogen-bond donors (Lipinski definition) is 13. The maximum atomic E-state index is 14.4. The van der Waals surface area contributed by atoms with Gasteiger partial charge in [-0.1, -0.05) is 47.1 Å². The van der Waals surface area contributed by atoms with Crippen LogP contribution in [0.4, 0.5) is 0 Å². The Morgan fingerprint density at radius 3 is 1.92 bits per heavy atom. The molecule has 2 fully saturated rings. The fraction of sp³-hybridized carbons (Fsp3) is 0.612. The third-order valence-electron chi connectivity index (χ3n) is 21.5. The predicted octanol–water partition coefficient (Wildman–Crippen LogP) is 1.82. The first-order chi connectivity index (χ1) is 48.6. The van der Waals surface area contributed by atoms with Gasteiger partial charge in [-0.15, -0.1) is 4.76 Å². The SMILES string of the molecule is C/C1=C2N=C(/C=C3N=C(/C(C)=C4\[N-][C@@](C)([C@@H]5N=C1[C@](C)(CCC(=O)NCC(C)OP(=O)([O-])O[C@H]1[C@@H](O)[C@@H](n6cnc7cc(C)c(C)cc76)O[C@@H]1CO)[C@H]5CC(N)=O)[C@@](C)(CC(N)=O)[C@@H]4CCC(N)=O)[C@@](C)(CC(N)=O)[C@@H]\3CCC(N)=O)C(C)(C)[C@@H]/2CCC(N)=O.CN(CC(=O)O)C(N)=NP(=O)(O)O.[C-]#N.[Co+3]. The molecule has 584 valence electrons. The maximum Gasteiger partial charge on any atom is 3.00 e. The molecule has 2 unspecified atom stereocenters. The van der Waals surface area contributed by atoms with Crippen LogP contribution in [0.1, 0.15) is 150 Å². The van der Waals surface area contributed by atoms with Crippen LogP contribution in [0.5, 0.6) is 0 Å². The number of amides is 7. The van der Waals surface area contributed by atoms with E-state index in [2.05, 4.69) is 15.1 Å². The van der Waals surface area contributed by atoms with Crippen LogP contribution >= 0.6 is 15.6 Å². The molecule has 6 aliphatic rings. The van der Waals surface area contributed by atoms with E-state index < -0.39 is 170 Å². The minimum Gasteiger partial charge on any atom is -0.756 e. The van der Waals surface area contributed by atoms with Crippen LogP contribution in [0.25, 0.3) is 16.4 Å². The molecule has 0 saturated carbocycles. The number of likely N-dealkylation sites (N-methyl/N-ethyl adjacent to an activating group) is 1. The van der Waals surface area contributed by atoms with E-state index in [9.17, 15) is 62.6 Å². The number of phosphoric ester groups is 1. The number of carbonyl (C=O) groups is 8. The quantitative estimate of drug-likeness (QED) is 0.0239. The van der Waals surface area contributed by atoms with Crippen LogP contribution in [0.15, 0.2) is 72.5 Å². The number of aliphatic imine (C=N–C) groups is 3. The van der Waals surface area contributed by atoms with Crippen molar-refractivity contribution < 1.29 is 108 Å². The van der Waals surface area contributed by atoms with Gasteiger partial charge in [0.05, 0.1) is 30.1 Å². The minimum atomic E-state index is -5.32. The summed E-state index contributed by atoms with van der Waals surface area (Å²) in [5, 5.41) is 44.7. The predicted molar refractivity (Wildman–Crippen MR) is 381 cm³/mol. The molecule has 2 aromatic rings. The van der Waals surface area contributed by atoms with Crippen molar-refractivity contribution in [3.05, 3.63) is 75.8 Å². The van der Waals surface area contributed by atoms with Crippen LogP contribution in [0.2, 0.25) is 0 Å². The monoisotopic (exact) mass is 1570 g/mol. The largest absolute Gasteiger partial charge is 3.00 e. The minimum absolute atomic E-state index is 0. The summed E-state index contributed by atoms with van der Waals surface area (Å²) in [4.78, 5) is 155. The van der Waals surface area contributed by atoms with Gasteiger partial charge in [0.2, 0.25) is 47.3 Å². The first kappa shape index (κ1) is 88.5. The standard InChI is InChI=1S/C62H90N13O14P.C4H10N3O5P.CN.Co/c1-29-20-39-40(21-30(29)2)75(28-70-39)57-52(84)53(41(27-76)87-57)89-90(85,86)88-31(3)26-69-49(83)18-19-59(8)37(22-46(66)80)56-62(11)61(10,25-48(68)82)36(14-17-45(65)79)51(74-62)33(5)55-60(9,24-47(67)81)34(12-15-43(63)77)38(71-55)23-42-58(6,7)35(13-16-44(64)78)50(72-42)32(4)54(59)73-56;1-7(2-3(8)9)4(5)6-13(10,11)12;1-2;/h20-21,23,28,31,34-37,41,52-53,56-57,76,84H,12-19,22,24-27H2,1-11H3,(H15,63,64,65,66,67,68,69,71,72,73,74,77,78,79,80,81,82,83,85,86);2H2,1H3,(H,8,9)(H4,5,6,10,11,12);;/q;;-1;+3/p-2/t31?,34-,35-,36-,37+,41-,52-,53-,56-,57+,59-,60+,61+,62+;;;/m1.../s1. The first-order valence-corrected chi connectivity index (χ1v) is 36.8. The van der Waals surface area contributed by atoms with Gasteiger partial charge in [-0.2, -0.15) is 5.70 Å². The number of aryl methyl sites for hydroxylation is 2. The number of ether oxygens (including phenoxy) is 1. The van der Waals surface area contributed by atoms with Gasteiger partial charge in [-0.05, 0) is 118 Å². The van der Waals surface area contributed by atoms with E-state index in [4.69, 9.17) is 101 Å². The molecule has 8 rings (SSSR count). The molecule has 0 aliphatic carbocycles. The summed E-state index contributed by atoms with van der Waals surface area (Å²) in [6.07, 6.45) is -4.79. The zero-order valence-electron chi connectivity index (χ0n) is 61.2. The summed E-state index contributed by atoms with van der Waals surface area (Å²) in [5.74, 6) is -9.10. The number of aliphatic hydroxyl groups is 2. The molecule has 106 heavy (non-hydrogen) atoms. The summed E-state index contributed by atoms with van der Waals surface area (Å²) in [6.45, 7) is 23.2. The average molecular weight is 1570 g/mol. The molecule has 0 spiro atoms. The van der Waals surface area contributed by atoms with E-state index >= 15 is 0 Å². The maximum absolute atomic E-state index is 14.4. The molecule has 8 bridgehead atoms. The molecule has 2 saturated heterocycles. The normalized spacial score (nSPS) is 30.6. The third-order valence-corrected chi connectivity index (χ3v) is 23.1. The Morgan fingerprint density at radius 2 is 1.38 bits per heavy atom. The molecular weight excluding hydrogens is 1470 g/mol. The number of imidazole rings is 1. The number of nitrogens with two attached hydrogens (primary N) is 7. The van der Waals surface area contributed by atoms with Gasteiger partial charge in [-0.3, -0.25) is 57.9 Å². The van der Waals surface area contributed by atoms with Crippen LogP contribution in [-0.2, 0) is 78.0 Å². The molecule has 1 aromatic heterocycles. The van der Waals surface area contributed by atoms with Crippen molar-refractivity contribution in [2.75, 3.05) is 26.7 Å². The van der Waals surface area contributed by atoms with Crippen LogP contribution in [0, 0.1) is 71.0 Å². The summed E-state index contributed by atoms with van der Waals surface area (Å²) >= 11 is 0. The van der Waals surface area contributed by atoms with Crippen molar-refractivity contribution >= 4 is 97.0 Å². The zero-order chi connectivity index (χ0) is 79.4. The van der Waals surface area contributed by atoms with Gasteiger partial charge < -0.3 is 116 Å². The van der Waals surface area contributed by atoms with Gasteiger partial charge in [0.1, 0.15) is 24.9 Å². The first-order valence-electron chi connectivity index (χ1n) is 33.8. The van der Waals surface area contributed by atoms with Gasteiger partial charge in [0, 0.05) is 121 Å². The van der Waals surface area contributed by atoms with E-state index in [-0.39, 0.29) is 94.0 Å². The number of rotatable bonds is 29.